The van der Waals surface area contributed by atoms with Crippen LogP contribution in [0.1, 0.15) is 6.42 Å². The molecule has 24 heavy (non-hydrogen) atoms. The molecular weight excluding hydrogens is 321 g/mol. The van der Waals surface area contributed by atoms with E-state index in [0.717, 1.165) is 10.8 Å². The van der Waals surface area contributed by atoms with Gasteiger partial charge in [-0.3, -0.25) is 9.59 Å². The fourth-order valence-electron chi connectivity index (χ4n) is 2.89. The highest BCUT2D eigenvalue weighted by Gasteiger charge is 2.37. The number of anilines is 1. The highest BCUT2D eigenvalue weighted by Crippen LogP contribution is 2.31. The minimum Gasteiger partial charge on any atom is -0.347 e. The third kappa shape index (κ3) is 3.34. The monoisotopic (exact) mass is 336 g/mol. The first-order valence-corrected chi connectivity index (χ1v) is 7.48. The van der Waals surface area contributed by atoms with E-state index in [9.17, 15) is 22.8 Å². The number of carbonyl (C=O) groups is 2. The molecule has 4 nitrogen and oxygen atoms in total. The summed E-state index contributed by atoms with van der Waals surface area (Å²) in [6.45, 7) is -1.30. The van der Waals surface area contributed by atoms with Gasteiger partial charge in [0.15, 0.2) is 0 Å². The lowest BCUT2D eigenvalue weighted by Gasteiger charge is -2.19. The predicted octanol–water partition coefficient (Wildman–Crippen LogP) is 2.87. The van der Waals surface area contributed by atoms with Crippen LogP contribution in [0.15, 0.2) is 42.5 Å². The maximum Gasteiger partial charge on any atom is 0.405 e. The summed E-state index contributed by atoms with van der Waals surface area (Å²) < 4.78 is 36.6. The first-order chi connectivity index (χ1) is 11.3. The van der Waals surface area contributed by atoms with Crippen molar-refractivity contribution in [2.75, 3.05) is 18.0 Å². The molecule has 0 aromatic heterocycles. The molecule has 2 aromatic carbocycles. The summed E-state index contributed by atoms with van der Waals surface area (Å²) in [6, 6.07) is 13.0. The number of nitrogens with zero attached hydrogens (tertiary/aromatic N) is 1. The molecular formula is C17H15F3N2O2. The fraction of sp³-hybridized carbons (Fsp3) is 0.294. The van der Waals surface area contributed by atoms with Crippen molar-refractivity contribution in [3.05, 3.63) is 42.5 Å². The van der Waals surface area contributed by atoms with Crippen LogP contribution >= 0.6 is 0 Å². The first kappa shape index (κ1) is 16.3. The van der Waals surface area contributed by atoms with Crippen LogP contribution in [-0.4, -0.2) is 31.1 Å². The van der Waals surface area contributed by atoms with E-state index in [1.807, 2.05) is 41.7 Å². The second kappa shape index (κ2) is 6.14. The molecule has 126 valence electrons. The Balaban J connectivity index is 1.78. The number of carbonyl (C=O) groups excluding carboxylic acids is 2. The topological polar surface area (TPSA) is 49.4 Å². The highest BCUT2D eigenvalue weighted by molar-refractivity contribution is 6.06. The van der Waals surface area contributed by atoms with Gasteiger partial charge in [0.1, 0.15) is 6.54 Å². The SMILES string of the molecule is O=C(NCC(F)(F)F)C1CC(=O)N(c2cccc3ccccc23)C1. The van der Waals surface area contributed by atoms with Gasteiger partial charge in [-0.1, -0.05) is 36.4 Å². The van der Waals surface area contributed by atoms with Crippen LogP contribution in [0.4, 0.5) is 18.9 Å². The smallest absolute Gasteiger partial charge is 0.347 e. The quantitative estimate of drug-likeness (QED) is 0.937. The van der Waals surface area contributed by atoms with E-state index in [1.54, 1.807) is 6.07 Å². The van der Waals surface area contributed by atoms with Gasteiger partial charge < -0.3 is 10.2 Å². The number of fused-ring (bicyclic) bond motifs is 1. The van der Waals surface area contributed by atoms with E-state index >= 15 is 0 Å². The standard InChI is InChI=1S/C17H15F3N2O2/c18-17(19,20)10-21-16(24)12-8-15(23)22(9-12)14-7-3-5-11-4-1-2-6-13(11)14/h1-7,12H,8-10H2,(H,21,24). The van der Waals surface area contributed by atoms with Crippen LogP contribution < -0.4 is 10.2 Å². The molecule has 1 aliphatic heterocycles. The zero-order chi connectivity index (χ0) is 17.3. The van der Waals surface area contributed by atoms with E-state index in [1.165, 1.54) is 4.90 Å². The molecule has 1 unspecified atom stereocenters. The molecule has 0 aliphatic carbocycles. The van der Waals surface area contributed by atoms with Crippen molar-refractivity contribution in [2.24, 2.45) is 5.92 Å². The van der Waals surface area contributed by atoms with Crippen LogP contribution in [0.2, 0.25) is 0 Å². The van der Waals surface area contributed by atoms with Gasteiger partial charge in [0.2, 0.25) is 11.8 Å². The van der Waals surface area contributed by atoms with E-state index in [4.69, 9.17) is 0 Å². The highest BCUT2D eigenvalue weighted by atomic mass is 19.4. The van der Waals surface area contributed by atoms with Gasteiger partial charge >= 0.3 is 6.18 Å². The van der Waals surface area contributed by atoms with Gasteiger partial charge in [-0.25, -0.2) is 0 Å². The van der Waals surface area contributed by atoms with Crippen LogP contribution in [-0.2, 0) is 9.59 Å². The zero-order valence-corrected chi connectivity index (χ0v) is 12.6. The number of benzene rings is 2. The number of halogens is 3. The molecule has 2 aromatic rings. The number of amides is 2. The van der Waals surface area contributed by atoms with Crippen LogP contribution in [0.3, 0.4) is 0 Å². The molecule has 1 heterocycles. The van der Waals surface area contributed by atoms with Crippen LogP contribution in [0.5, 0.6) is 0 Å². The minimum absolute atomic E-state index is 0.0799. The van der Waals surface area contributed by atoms with Crippen LogP contribution in [0, 0.1) is 5.92 Å². The molecule has 0 spiro atoms. The Kier molecular flexibility index (Phi) is 4.17. The molecule has 2 amide bonds. The molecule has 1 aliphatic rings. The largest absolute Gasteiger partial charge is 0.405 e. The first-order valence-electron chi connectivity index (χ1n) is 7.48. The van der Waals surface area contributed by atoms with Gasteiger partial charge in [0, 0.05) is 18.4 Å². The summed E-state index contributed by atoms with van der Waals surface area (Å²) in [5.74, 6) is -1.79. The van der Waals surface area contributed by atoms with E-state index in [2.05, 4.69) is 0 Å². The third-order valence-corrected chi connectivity index (χ3v) is 4.02. The van der Waals surface area contributed by atoms with Gasteiger partial charge in [-0.15, -0.1) is 0 Å². The van der Waals surface area contributed by atoms with Gasteiger partial charge in [-0.2, -0.15) is 13.2 Å². The van der Waals surface area contributed by atoms with Crippen molar-refractivity contribution in [3.8, 4) is 0 Å². The van der Waals surface area contributed by atoms with Gasteiger partial charge in [0.05, 0.1) is 11.6 Å². The minimum atomic E-state index is -4.46. The maximum absolute atomic E-state index is 12.3. The zero-order valence-electron chi connectivity index (χ0n) is 12.6. The molecule has 0 saturated carbocycles. The summed E-state index contributed by atoms with van der Waals surface area (Å²) in [4.78, 5) is 25.6. The van der Waals surface area contributed by atoms with Gasteiger partial charge in [-0.05, 0) is 11.5 Å². The lowest BCUT2D eigenvalue weighted by Crippen LogP contribution is -2.38. The molecule has 0 bridgehead atoms. The third-order valence-electron chi connectivity index (χ3n) is 4.02. The molecule has 1 saturated heterocycles. The van der Waals surface area contributed by atoms with Crippen LogP contribution in [0.25, 0.3) is 10.8 Å². The Labute approximate surface area is 136 Å². The molecule has 3 rings (SSSR count). The van der Waals surface area contributed by atoms with E-state index in [0.29, 0.717) is 5.69 Å². The summed E-state index contributed by atoms with van der Waals surface area (Å²) >= 11 is 0. The molecule has 1 fully saturated rings. The normalized spacial score (nSPS) is 18.2. The summed E-state index contributed by atoms with van der Waals surface area (Å²) in [5.41, 5.74) is 0.671. The molecule has 0 radical (unpaired) electrons. The average molecular weight is 336 g/mol. The van der Waals surface area contributed by atoms with Crippen molar-refractivity contribution in [3.63, 3.8) is 0 Å². The Hall–Kier alpha value is -2.57. The number of nitrogens with one attached hydrogen (secondary N) is 1. The van der Waals surface area contributed by atoms with Crippen molar-refractivity contribution in [1.29, 1.82) is 0 Å². The molecule has 1 N–H and O–H groups in total. The van der Waals surface area contributed by atoms with Crippen molar-refractivity contribution >= 4 is 28.3 Å². The molecule has 7 heteroatoms. The van der Waals surface area contributed by atoms with Crippen molar-refractivity contribution in [1.82, 2.24) is 5.32 Å². The maximum atomic E-state index is 12.3. The van der Waals surface area contributed by atoms with Gasteiger partial charge in [0.25, 0.3) is 0 Å². The average Bonchev–Trinajstić information content (AvgIpc) is 2.93. The molecule has 1 atom stereocenters. The number of hydrogen-bond acceptors (Lipinski definition) is 2. The summed E-state index contributed by atoms with van der Waals surface area (Å²) in [6.07, 6.45) is -4.56. The number of rotatable bonds is 3. The lowest BCUT2D eigenvalue weighted by atomic mass is 10.1. The second-order valence-corrected chi connectivity index (χ2v) is 5.74. The van der Waals surface area contributed by atoms with Crippen molar-refractivity contribution < 1.29 is 22.8 Å². The Morgan fingerprint density at radius 1 is 1.17 bits per heavy atom. The lowest BCUT2D eigenvalue weighted by molar-refractivity contribution is -0.140. The predicted molar refractivity (Wildman–Crippen MR) is 83.5 cm³/mol. The number of hydrogen-bond donors (Lipinski definition) is 1. The second-order valence-electron chi connectivity index (χ2n) is 5.74. The Morgan fingerprint density at radius 3 is 2.62 bits per heavy atom. The summed E-state index contributed by atoms with van der Waals surface area (Å²) in [5, 5.41) is 3.67. The fourth-order valence-corrected chi connectivity index (χ4v) is 2.89. The van der Waals surface area contributed by atoms with Crippen molar-refractivity contribution in [2.45, 2.75) is 12.6 Å². The Morgan fingerprint density at radius 2 is 1.88 bits per heavy atom. The van der Waals surface area contributed by atoms with E-state index in [-0.39, 0.29) is 18.9 Å². The Bertz CT molecular complexity index is 783. The number of alkyl halides is 3. The summed E-state index contributed by atoms with van der Waals surface area (Å²) in [7, 11) is 0. The van der Waals surface area contributed by atoms with E-state index < -0.39 is 24.5 Å².